The number of hydrogen-bond donors (Lipinski definition) is 1. The van der Waals surface area contributed by atoms with Gasteiger partial charge in [-0.15, -0.1) is 0 Å². The fourth-order valence-electron chi connectivity index (χ4n) is 2.80. The highest BCUT2D eigenvalue weighted by Crippen LogP contribution is 2.46. The van der Waals surface area contributed by atoms with Crippen LogP contribution >= 0.6 is 15.9 Å². The van der Waals surface area contributed by atoms with Gasteiger partial charge in [0, 0.05) is 7.11 Å². The van der Waals surface area contributed by atoms with E-state index in [-0.39, 0.29) is 5.60 Å². The van der Waals surface area contributed by atoms with Crippen LogP contribution in [0.1, 0.15) is 58.0 Å². The van der Waals surface area contributed by atoms with E-state index in [9.17, 15) is 0 Å². The summed E-state index contributed by atoms with van der Waals surface area (Å²) >= 11 is 3.47. The Morgan fingerprint density at radius 3 is 2.30 bits per heavy atom. The molecule has 1 aromatic rings. The van der Waals surface area contributed by atoms with Gasteiger partial charge in [0.25, 0.3) is 0 Å². The third kappa shape index (κ3) is 2.84. The zero-order valence-corrected chi connectivity index (χ0v) is 14.4. The van der Waals surface area contributed by atoms with E-state index in [0.29, 0.717) is 11.2 Å². The highest BCUT2D eigenvalue weighted by atomic mass is 79.9. The van der Waals surface area contributed by atoms with Crippen LogP contribution in [-0.4, -0.2) is 17.1 Å². The standard InChI is InChI=1S/C15H24BrN3O/c1-5-10-11(16)12(17)19-13(18-10)15(20-4)8-6-14(2,3)7-9-15/h5-9H2,1-4H3,(H2,17,18,19). The molecule has 0 amide bonds. The molecule has 0 spiro atoms. The Balaban J connectivity index is 2.40. The van der Waals surface area contributed by atoms with Gasteiger partial charge in [-0.3, -0.25) is 0 Å². The molecule has 0 aliphatic heterocycles. The van der Waals surface area contributed by atoms with Crippen LogP contribution in [0.4, 0.5) is 5.82 Å². The van der Waals surface area contributed by atoms with E-state index in [0.717, 1.165) is 48.1 Å². The first-order valence-corrected chi connectivity index (χ1v) is 8.00. The number of halogens is 1. The lowest BCUT2D eigenvalue weighted by molar-refractivity contribution is -0.0729. The van der Waals surface area contributed by atoms with E-state index < -0.39 is 0 Å². The van der Waals surface area contributed by atoms with Crippen LogP contribution in [0.25, 0.3) is 0 Å². The van der Waals surface area contributed by atoms with Crippen molar-refractivity contribution in [1.29, 1.82) is 0 Å². The molecule has 0 radical (unpaired) electrons. The minimum Gasteiger partial charge on any atom is -0.383 e. The predicted molar refractivity (Wildman–Crippen MR) is 84.5 cm³/mol. The van der Waals surface area contributed by atoms with Crippen LogP contribution in [-0.2, 0) is 16.8 Å². The maximum absolute atomic E-state index is 6.02. The number of anilines is 1. The molecular weight excluding hydrogens is 318 g/mol. The van der Waals surface area contributed by atoms with Crippen molar-refractivity contribution in [1.82, 2.24) is 9.97 Å². The number of aryl methyl sites for hydroxylation is 1. The van der Waals surface area contributed by atoms with Crippen molar-refractivity contribution in [2.75, 3.05) is 12.8 Å². The monoisotopic (exact) mass is 341 g/mol. The molecule has 1 aromatic heterocycles. The van der Waals surface area contributed by atoms with Crippen molar-refractivity contribution in [3.8, 4) is 0 Å². The lowest BCUT2D eigenvalue weighted by atomic mass is 9.70. The Labute approximate surface area is 129 Å². The van der Waals surface area contributed by atoms with Gasteiger partial charge in [0.1, 0.15) is 11.4 Å². The van der Waals surface area contributed by atoms with E-state index in [1.807, 2.05) is 0 Å². The first kappa shape index (κ1) is 15.7. The fraction of sp³-hybridized carbons (Fsp3) is 0.733. The van der Waals surface area contributed by atoms with E-state index >= 15 is 0 Å². The molecule has 0 saturated heterocycles. The van der Waals surface area contributed by atoms with Gasteiger partial charge in [0.2, 0.25) is 0 Å². The van der Waals surface area contributed by atoms with Crippen molar-refractivity contribution < 1.29 is 4.74 Å². The molecule has 112 valence electrons. The van der Waals surface area contributed by atoms with Gasteiger partial charge >= 0.3 is 0 Å². The van der Waals surface area contributed by atoms with Gasteiger partial charge in [0.15, 0.2) is 5.82 Å². The summed E-state index contributed by atoms with van der Waals surface area (Å²) in [5.41, 5.74) is 6.96. The molecule has 0 bridgehead atoms. The average molecular weight is 342 g/mol. The molecule has 4 nitrogen and oxygen atoms in total. The molecule has 1 heterocycles. The molecule has 0 atom stereocenters. The first-order valence-electron chi connectivity index (χ1n) is 7.21. The van der Waals surface area contributed by atoms with Gasteiger partial charge < -0.3 is 10.5 Å². The summed E-state index contributed by atoms with van der Waals surface area (Å²) in [4.78, 5) is 9.19. The second kappa shape index (κ2) is 5.60. The number of methoxy groups -OCH3 is 1. The molecule has 2 rings (SSSR count). The first-order chi connectivity index (χ1) is 9.33. The number of ether oxygens (including phenoxy) is 1. The predicted octanol–water partition coefficient (Wildman–Crippen LogP) is 3.83. The number of aromatic nitrogens is 2. The summed E-state index contributed by atoms with van der Waals surface area (Å²) in [6, 6.07) is 0. The molecule has 5 heteroatoms. The van der Waals surface area contributed by atoms with E-state index in [1.165, 1.54) is 0 Å². The molecule has 0 unspecified atom stereocenters. The largest absolute Gasteiger partial charge is 0.383 e. The van der Waals surface area contributed by atoms with Crippen molar-refractivity contribution in [2.45, 2.75) is 58.5 Å². The van der Waals surface area contributed by atoms with Crippen LogP contribution in [0.3, 0.4) is 0 Å². The Morgan fingerprint density at radius 1 is 1.20 bits per heavy atom. The second-order valence-electron chi connectivity index (χ2n) is 6.41. The molecule has 2 N–H and O–H groups in total. The van der Waals surface area contributed by atoms with Gasteiger partial charge in [-0.1, -0.05) is 20.8 Å². The van der Waals surface area contributed by atoms with Crippen molar-refractivity contribution >= 4 is 21.7 Å². The summed E-state index contributed by atoms with van der Waals surface area (Å²) in [5, 5.41) is 0. The number of hydrogen-bond acceptors (Lipinski definition) is 4. The maximum atomic E-state index is 6.02. The Hall–Kier alpha value is -0.680. The Bertz CT molecular complexity index is 492. The highest BCUT2D eigenvalue weighted by molar-refractivity contribution is 9.10. The molecular formula is C15H24BrN3O. The van der Waals surface area contributed by atoms with E-state index in [1.54, 1.807) is 7.11 Å². The number of nitrogen functional groups attached to an aromatic ring is 1. The minimum atomic E-state index is -0.381. The molecule has 1 aliphatic rings. The Morgan fingerprint density at radius 2 is 1.80 bits per heavy atom. The number of nitrogens with two attached hydrogens (primary N) is 1. The summed E-state index contributed by atoms with van der Waals surface area (Å²) in [6.45, 7) is 6.68. The van der Waals surface area contributed by atoms with Gasteiger partial charge in [-0.25, -0.2) is 9.97 Å². The highest BCUT2D eigenvalue weighted by Gasteiger charge is 2.42. The molecule has 1 fully saturated rings. The summed E-state index contributed by atoms with van der Waals surface area (Å²) in [7, 11) is 1.76. The molecule has 0 aromatic carbocycles. The summed E-state index contributed by atoms with van der Waals surface area (Å²) < 4.78 is 6.67. The quantitative estimate of drug-likeness (QED) is 0.907. The zero-order chi connectivity index (χ0) is 15.0. The summed E-state index contributed by atoms with van der Waals surface area (Å²) in [5.74, 6) is 1.25. The zero-order valence-electron chi connectivity index (χ0n) is 12.8. The normalized spacial score (nSPS) is 20.9. The minimum absolute atomic E-state index is 0.372. The topological polar surface area (TPSA) is 61.0 Å². The van der Waals surface area contributed by atoms with E-state index in [2.05, 4.69) is 41.7 Å². The van der Waals surface area contributed by atoms with Crippen molar-refractivity contribution in [3.63, 3.8) is 0 Å². The van der Waals surface area contributed by atoms with Crippen molar-refractivity contribution in [2.24, 2.45) is 5.41 Å². The second-order valence-corrected chi connectivity index (χ2v) is 7.20. The van der Waals surface area contributed by atoms with Crippen LogP contribution in [0, 0.1) is 5.41 Å². The molecule has 20 heavy (non-hydrogen) atoms. The molecule has 1 saturated carbocycles. The maximum Gasteiger partial charge on any atom is 0.162 e. The van der Waals surface area contributed by atoms with Gasteiger partial charge in [-0.05, 0) is 53.4 Å². The summed E-state index contributed by atoms with van der Waals surface area (Å²) in [6.07, 6.45) is 4.94. The van der Waals surface area contributed by atoms with Gasteiger partial charge in [0.05, 0.1) is 10.2 Å². The smallest absolute Gasteiger partial charge is 0.162 e. The van der Waals surface area contributed by atoms with Gasteiger partial charge in [-0.2, -0.15) is 0 Å². The van der Waals surface area contributed by atoms with Crippen LogP contribution in [0.15, 0.2) is 4.47 Å². The third-order valence-electron chi connectivity index (χ3n) is 4.49. The van der Waals surface area contributed by atoms with E-state index in [4.69, 9.17) is 15.5 Å². The number of rotatable bonds is 3. The molecule has 1 aliphatic carbocycles. The van der Waals surface area contributed by atoms with Crippen LogP contribution in [0.2, 0.25) is 0 Å². The SMILES string of the molecule is CCc1nc(C2(OC)CCC(C)(C)CC2)nc(N)c1Br. The fourth-order valence-corrected chi connectivity index (χ4v) is 3.26. The third-order valence-corrected chi connectivity index (χ3v) is 5.35. The lowest BCUT2D eigenvalue weighted by Gasteiger charge is -2.41. The number of nitrogens with zero attached hydrogens (tertiary/aromatic N) is 2. The lowest BCUT2D eigenvalue weighted by Crippen LogP contribution is -2.38. The van der Waals surface area contributed by atoms with Crippen LogP contribution < -0.4 is 5.73 Å². The van der Waals surface area contributed by atoms with Crippen LogP contribution in [0.5, 0.6) is 0 Å². The van der Waals surface area contributed by atoms with Crippen molar-refractivity contribution in [3.05, 3.63) is 16.0 Å². The Kier molecular flexibility index (Phi) is 4.40. The average Bonchev–Trinajstić information content (AvgIpc) is 2.42.